The molecule has 4 nitrogen and oxygen atoms in total. The van der Waals surface area contributed by atoms with Crippen molar-refractivity contribution in [2.45, 2.75) is 33.6 Å². The molecule has 0 atom stereocenters. The molecule has 2 aromatic carbocycles. The third-order valence-corrected chi connectivity index (χ3v) is 4.13. The second-order valence-electron chi connectivity index (χ2n) is 6.24. The van der Waals surface area contributed by atoms with Gasteiger partial charge in [-0.1, -0.05) is 36.4 Å². The van der Waals surface area contributed by atoms with E-state index in [9.17, 15) is 4.79 Å². The van der Waals surface area contributed by atoms with E-state index < -0.39 is 0 Å². The van der Waals surface area contributed by atoms with E-state index in [-0.39, 0.29) is 5.91 Å². The molecule has 25 heavy (non-hydrogen) atoms. The van der Waals surface area contributed by atoms with Gasteiger partial charge >= 0.3 is 0 Å². The van der Waals surface area contributed by atoms with Crippen molar-refractivity contribution in [3.63, 3.8) is 0 Å². The fraction of sp³-hybridized carbons (Fsp3) is 0.381. The van der Waals surface area contributed by atoms with E-state index in [1.807, 2.05) is 26.0 Å². The molecule has 0 saturated heterocycles. The Kier molecular flexibility index (Phi) is 7.48. The quantitative estimate of drug-likeness (QED) is 0.668. The van der Waals surface area contributed by atoms with Crippen LogP contribution in [0.1, 0.15) is 30.0 Å². The number of carbonyl (C=O) groups excluding carboxylic acids is 1. The molecule has 2 aromatic rings. The molecule has 0 aliphatic heterocycles. The Morgan fingerprint density at radius 1 is 1.04 bits per heavy atom. The van der Waals surface area contributed by atoms with Crippen LogP contribution in [-0.4, -0.2) is 25.7 Å². The Balaban J connectivity index is 1.70. The van der Waals surface area contributed by atoms with Gasteiger partial charge in [0.1, 0.15) is 0 Å². The first-order chi connectivity index (χ1) is 12.1. The molecule has 0 unspecified atom stereocenters. The molecule has 0 aromatic heterocycles. The zero-order valence-corrected chi connectivity index (χ0v) is 15.4. The second kappa shape index (κ2) is 9.84. The first-order valence-corrected chi connectivity index (χ1v) is 8.81. The number of hydrogen-bond donors (Lipinski definition) is 2. The number of ether oxygens (including phenoxy) is 1. The molecule has 0 aliphatic carbocycles. The van der Waals surface area contributed by atoms with Gasteiger partial charge in [0, 0.05) is 31.5 Å². The molecule has 0 saturated carbocycles. The second-order valence-corrected chi connectivity index (χ2v) is 6.24. The van der Waals surface area contributed by atoms with Crippen LogP contribution in [-0.2, 0) is 16.0 Å². The number of amides is 1. The highest BCUT2D eigenvalue weighted by molar-refractivity contribution is 5.91. The summed E-state index contributed by atoms with van der Waals surface area (Å²) in [5.41, 5.74) is 5.40. The van der Waals surface area contributed by atoms with Crippen LogP contribution in [0.5, 0.6) is 0 Å². The lowest BCUT2D eigenvalue weighted by molar-refractivity contribution is -0.114. The molecular weight excluding hydrogens is 312 g/mol. The van der Waals surface area contributed by atoms with Crippen molar-refractivity contribution in [1.29, 1.82) is 0 Å². The largest absolute Gasteiger partial charge is 0.385 e. The summed E-state index contributed by atoms with van der Waals surface area (Å²) in [5, 5.41) is 6.34. The van der Waals surface area contributed by atoms with E-state index in [1.54, 1.807) is 0 Å². The van der Waals surface area contributed by atoms with Crippen LogP contribution in [0.4, 0.5) is 11.4 Å². The van der Waals surface area contributed by atoms with Crippen LogP contribution in [0.25, 0.3) is 0 Å². The van der Waals surface area contributed by atoms with Crippen LogP contribution in [0, 0.1) is 13.8 Å². The Morgan fingerprint density at radius 2 is 1.80 bits per heavy atom. The first kappa shape index (κ1) is 19.0. The molecule has 0 spiro atoms. The smallest absolute Gasteiger partial charge is 0.221 e. The average Bonchev–Trinajstić information content (AvgIpc) is 2.60. The van der Waals surface area contributed by atoms with Gasteiger partial charge in [0.15, 0.2) is 0 Å². The number of nitrogens with one attached hydrogen (secondary N) is 2. The van der Waals surface area contributed by atoms with Crippen LogP contribution in [0.15, 0.2) is 42.5 Å². The Morgan fingerprint density at radius 3 is 2.52 bits per heavy atom. The molecule has 4 heteroatoms. The van der Waals surface area contributed by atoms with Gasteiger partial charge in [0.25, 0.3) is 0 Å². The van der Waals surface area contributed by atoms with Gasteiger partial charge in [-0.2, -0.15) is 0 Å². The highest BCUT2D eigenvalue weighted by atomic mass is 16.5. The maximum absolute atomic E-state index is 11.3. The van der Waals surface area contributed by atoms with Crippen molar-refractivity contribution < 1.29 is 9.53 Å². The first-order valence-electron chi connectivity index (χ1n) is 8.81. The fourth-order valence-corrected chi connectivity index (χ4v) is 2.74. The van der Waals surface area contributed by atoms with Gasteiger partial charge in [0.2, 0.25) is 5.91 Å². The highest BCUT2D eigenvalue weighted by Crippen LogP contribution is 2.27. The van der Waals surface area contributed by atoms with Gasteiger partial charge in [-0.3, -0.25) is 4.79 Å². The van der Waals surface area contributed by atoms with E-state index in [0.29, 0.717) is 0 Å². The molecule has 0 fully saturated rings. The van der Waals surface area contributed by atoms with Crippen molar-refractivity contribution in [3.8, 4) is 0 Å². The normalized spacial score (nSPS) is 10.5. The van der Waals surface area contributed by atoms with Crippen molar-refractivity contribution in [2.24, 2.45) is 0 Å². The number of hydrogen-bond acceptors (Lipinski definition) is 3. The van der Waals surface area contributed by atoms with E-state index in [0.717, 1.165) is 55.1 Å². The summed E-state index contributed by atoms with van der Waals surface area (Å²) in [5.74, 6) is -0.0461. The van der Waals surface area contributed by atoms with Crippen LogP contribution < -0.4 is 10.6 Å². The summed E-state index contributed by atoms with van der Waals surface area (Å²) < 4.78 is 5.70. The topological polar surface area (TPSA) is 50.4 Å². The van der Waals surface area contributed by atoms with Crippen molar-refractivity contribution in [1.82, 2.24) is 0 Å². The molecule has 0 radical (unpaired) electrons. The van der Waals surface area contributed by atoms with Gasteiger partial charge < -0.3 is 15.4 Å². The third-order valence-electron chi connectivity index (χ3n) is 4.13. The van der Waals surface area contributed by atoms with E-state index in [4.69, 9.17) is 4.74 Å². The minimum atomic E-state index is -0.0461. The Bertz CT molecular complexity index is 684. The zero-order chi connectivity index (χ0) is 18.1. The standard InChI is InChI=1S/C21H28N2O2/c1-16-10-11-20(17(2)21(16)23-18(3)24)22-13-7-14-25-15-12-19-8-5-4-6-9-19/h4-6,8-11,22H,7,12-15H2,1-3H3,(H,23,24). The van der Waals surface area contributed by atoms with Gasteiger partial charge in [-0.05, 0) is 49.4 Å². The van der Waals surface area contributed by atoms with Gasteiger partial charge in [0.05, 0.1) is 6.61 Å². The lowest BCUT2D eigenvalue weighted by Gasteiger charge is -2.16. The summed E-state index contributed by atoms with van der Waals surface area (Å²) in [4.78, 5) is 11.3. The zero-order valence-electron chi connectivity index (χ0n) is 15.4. The number of anilines is 2. The number of rotatable bonds is 9. The molecule has 134 valence electrons. The van der Waals surface area contributed by atoms with Gasteiger partial charge in [-0.15, -0.1) is 0 Å². The maximum Gasteiger partial charge on any atom is 0.221 e. The molecule has 2 rings (SSSR count). The third kappa shape index (κ3) is 6.24. The molecular formula is C21H28N2O2. The molecule has 1 amide bonds. The van der Waals surface area contributed by atoms with Gasteiger partial charge in [-0.25, -0.2) is 0 Å². The fourth-order valence-electron chi connectivity index (χ4n) is 2.74. The predicted octanol–water partition coefficient (Wildman–Crippen LogP) is 4.32. The minimum Gasteiger partial charge on any atom is -0.385 e. The Labute approximate surface area is 150 Å². The lowest BCUT2D eigenvalue weighted by atomic mass is 10.1. The minimum absolute atomic E-state index is 0.0461. The van der Waals surface area contributed by atoms with Crippen LogP contribution in [0.2, 0.25) is 0 Å². The van der Waals surface area contributed by atoms with Crippen molar-refractivity contribution >= 4 is 17.3 Å². The monoisotopic (exact) mass is 340 g/mol. The predicted molar refractivity (Wildman–Crippen MR) is 104 cm³/mol. The molecule has 0 bridgehead atoms. The summed E-state index contributed by atoms with van der Waals surface area (Å²) >= 11 is 0. The van der Waals surface area contributed by atoms with E-state index in [1.165, 1.54) is 12.5 Å². The summed E-state index contributed by atoms with van der Waals surface area (Å²) in [6.07, 6.45) is 1.89. The number of benzene rings is 2. The van der Waals surface area contributed by atoms with Crippen LogP contribution in [0.3, 0.4) is 0 Å². The van der Waals surface area contributed by atoms with Crippen molar-refractivity contribution in [2.75, 3.05) is 30.4 Å². The Hall–Kier alpha value is -2.33. The SMILES string of the molecule is CC(=O)Nc1c(C)ccc(NCCCOCCc2ccccc2)c1C. The number of aryl methyl sites for hydroxylation is 1. The van der Waals surface area contributed by atoms with Crippen LogP contribution >= 0.6 is 0 Å². The number of carbonyl (C=O) groups is 1. The summed E-state index contributed by atoms with van der Waals surface area (Å²) in [6, 6.07) is 14.5. The van der Waals surface area contributed by atoms with E-state index >= 15 is 0 Å². The molecule has 0 aliphatic rings. The van der Waals surface area contributed by atoms with Crippen molar-refractivity contribution in [3.05, 3.63) is 59.2 Å². The maximum atomic E-state index is 11.3. The molecule has 2 N–H and O–H groups in total. The molecule has 0 heterocycles. The summed E-state index contributed by atoms with van der Waals surface area (Å²) in [7, 11) is 0. The summed E-state index contributed by atoms with van der Waals surface area (Å²) in [6.45, 7) is 7.89. The average molecular weight is 340 g/mol. The lowest BCUT2D eigenvalue weighted by Crippen LogP contribution is -2.12. The van der Waals surface area contributed by atoms with E-state index in [2.05, 4.69) is 41.0 Å². The highest BCUT2D eigenvalue weighted by Gasteiger charge is 2.08.